The van der Waals surface area contributed by atoms with E-state index in [2.05, 4.69) is 17.0 Å². The topological polar surface area (TPSA) is 32.7 Å². The van der Waals surface area contributed by atoms with Gasteiger partial charge in [-0.1, -0.05) is 81.1 Å². The van der Waals surface area contributed by atoms with Crippen molar-refractivity contribution in [1.82, 2.24) is 4.90 Å². The average Bonchev–Trinajstić information content (AvgIpc) is 2.59. The van der Waals surface area contributed by atoms with Gasteiger partial charge in [0.25, 0.3) is 0 Å². The molecule has 0 atom stereocenters. The third-order valence-corrected chi connectivity index (χ3v) is 4.81. The summed E-state index contributed by atoms with van der Waals surface area (Å²) in [6.45, 7) is 6.62. The van der Waals surface area contributed by atoms with Crippen molar-refractivity contribution in [1.29, 1.82) is 0 Å². The second-order valence-corrected chi connectivity index (χ2v) is 7.98. The van der Waals surface area contributed by atoms with E-state index < -0.39 is 0 Å². The minimum atomic E-state index is -0.330. The molecule has 0 unspecified atom stereocenters. The van der Waals surface area contributed by atoms with Gasteiger partial charge in [-0.15, -0.1) is 0 Å². The van der Waals surface area contributed by atoms with E-state index in [0.717, 1.165) is 17.4 Å². The lowest BCUT2D eigenvalue weighted by Gasteiger charge is -2.22. The van der Waals surface area contributed by atoms with Gasteiger partial charge in [0, 0.05) is 19.0 Å². The lowest BCUT2D eigenvalue weighted by atomic mass is 9.92. The summed E-state index contributed by atoms with van der Waals surface area (Å²) in [6.07, 6.45) is 0. The van der Waals surface area contributed by atoms with Crippen LogP contribution in [-0.4, -0.2) is 28.7 Å². The summed E-state index contributed by atoms with van der Waals surface area (Å²) in [7, 11) is 2.02. The van der Waals surface area contributed by atoms with E-state index in [9.17, 15) is 4.79 Å². The van der Waals surface area contributed by atoms with Crippen LogP contribution in [-0.2, 0) is 11.3 Å². The van der Waals surface area contributed by atoms with Gasteiger partial charge < -0.3 is 4.90 Å². The average molecular weight is 355 g/mol. The van der Waals surface area contributed by atoms with Gasteiger partial charge in [0.1, 0.15) is 5.78 Å². The lowest BCUT2D eigenvalue weighted by Crippen LogP contribution is -2.27. The number of Topliss-reactive ketones (excluding diaryl/α,β-unsaturated/α-hetero) is 1. The van der Waals surface area contributed by atoms with Crippen molar-refractivity contribution in [2.75, 3.05) is 12.8 Å². The number of amidine groups is 1. The molecule has 0 saturated carbocycles. The van der Waals surface area contributed by atoms with E-state index in [0.29, 0.717) is 5.75 Å². The molecule has 0 heterocycles. The van der Waals surface area contributed by atoms with Crippen molar-refractivity contribution in [2.24, 2.45) is 10.4 Å². The van der Waals surface area contributed by atoms with Crippen molar-refractivity contribution < 1.29 is 4.79 Å². The van der Waals surface area contributed by atoms with Crippen LogP contribution < -0.4 is 0 Å². The standard InChI is InChI=1S/C21H26N2OS/c1-21(2,3)19(24)16-25-20(22-18-13-9-6-10-14-18)23(4)15-17-11-7-5-8-12-17/h5-14H,15-16H2,1-4H3. The number of carbonyl (C=O) groups excluding carboxylic acids is 1. The largest absolute Gasteiger partial charge is 0.350 e. The van der Waals surface area contributed by atoms with E-state index in [1.807, 2.05) is 76.3 Å². The quantitative estimate of drug-likeness (QED) is 0.549. The maximum absolute atomic E-state index is 12.3. The fourth-order valence-corrected chi connectivity index (χ4v) is 3.26. The predicted octanol–water partition coefficient (Wildman–Crippen LogP) is 5.15. The van der Waals surface area contributed by atoms with E-state index in [4.69, 9.17) is 4.99 Å². The number of para-hydroxylation sites is 1. The van der Waals surface area contributed by atoms with Gasteiger partial charge in [-0.05, 0) is 17.7 Å². The molecule has 0 saturated heterocycles. The minimum absolute atomic E-state index is 0.228. The number of rotatable bonds is 5. The first-order valence-corrected chi connectivity index (χ1v) is 9.40. The molecule has 25 heavy (non-hydrogen) atoms. The zero-order valence-electron chi connectivity index (χ0n) is 15.4. The maximum Gasteiger partial charge on any atom is 0.164 e. The third-order valence-electron chi connectivity index (χ3n) is 3.74. The fraction of sp³-hybridized carbons (Fsp3) is 0.333. The first-order valence-electron chi connectivity index (χ1n) is 8.41. The summed E-state index contributed by atoms with van der Waals surface area (Å²) in [6, 6.07) is 20.1. The Kier molecular flexibility index (Phi) is 6.82. The smallest absolute Gasteiger partial charge is 0.164 e. The number of thioether (sulfide) groups is 1. The molecule has 2 rings (SSSR count). The van der Waals surface area contributed by atoms with Gasteiger partial charge in [0.05, 0.1) is 11.4 Å². The van der Waals surface area contributed by atoms with E-state index >= 15 is 0 Å². The Labute approximate surface area is 155 Å². The molecule has 0 aliphatic heterocycles. The van der Waals surface area contributed by atoms with Crippen LogP contribution >= 0.6 is 11.8 Å². The molecule has 4 heteroatoms. The number of hydrogen-bond donors (Lipinski definition) is 0. The van der Waals surface area contributed by atoms with E-state index in [1.165, 1.54) is 17.3 Å². The lowest BCUT2D eigenvalue weighted by molar-refractivity contribution is -0.123. The van der Waals surface area contributed by atoms with Crippen LogP contribution in [0.15, 0.2) is 65.7 Å². The highest BCUT2D eigenvalue weighted by Crippen LogP contribution is 2.22. The molecule has 0 aromatic heterocycles. The molecule has 0 aliphatic carbocycles. The molecule has 0 radical (unpaired) electrons. The second-order valence-electron chi connectivity index (χ2n) is 7.03. The van der Waals surface area contributed by atoms with Gasteiger partial charge >= 0.3 is 0 Å². The van der Waals surface area contributed by atoms with Crippen molar-refractivity contribution in [3.05, 3.63) is 66.2 Å². The van der Waals surface area contributed by atoms with Crippen molar-refractivity contribution in [3.8, 4) is 0 Å². The summed E-state index contributed by atoms with van der Waals surface area (Å²) >= 11 is 1.51. The Bertz CT molecular complexity index is 706. The van der Waals surface area contributed by atoms with Gasteiger partial charge in [-0.3, -0.25) is 4.79 Å². The molecule has 0 aliphatic rings. The number of nitrogens with zero attached hydrogens (tertiary/aromatic N) is 2. The summed E-state index contributed by atoms with van der Waals surface area (Å²) < 4.78 is 0. The number of ketones is 1. The fourth-order valence-electron chi connectivity index (χ4n) is 2.11. The molecular weight excluding hydrogens is 328 g/mol. The molecule has 0 fully saturated rings. The number of carbonyl (C=O) groups is 1. The summed E-state index contributed by atoms with van der Waals surface area (Å²) in [5.41, 5.74) is 1.78. The Morgan fingerprint density at radius 1 is 1.00 bits per heavy atom. The van der Waals surface area contributed by atoms with Crippen LogP contribution in [0.4, 0.5) is 5.69 Å². The van der Waals surface area contributed by atoms with Gasteiger partial charge in [0.2, 0.25) is 0 Å². The number of aliphatic imine (C=N–C) groups is 1. The normalized spacial score (nSPS) is 12.1. The Balaban J connectivity index is 2.16. The van der Waals surface area contributed by atoms with Crippen molar-refractivity contribution >= 4 is 28.4 Å². The third kappa shape index (κ3) is 6.39. The van der Waals surface area contributed by atoms with Gasteiger partial charge in [0.15, 0.2) is 5.17 Å². The van der Waals surface area contributed by atoms with Crippen molar-refractivity contribution in [3.63, 3.8) is 0 Å². The van der Waals surface area contributed by atoms with Crippen LogP contribution in [0, 0.1) is 5.41 Å². The van der Waals surface area contributed by atoms with Crippen LogP contribution in [0.25, 0.3) is 0 Å². The highest BCUT2D eigenvalue weighted by Gasteiger charge is 2.22. The molecule has 132 valence electrons. The zero-order chi connectivity index (χ0) is 18.3. The SMILES string of the molecule is CN(Cc1ccccc1)C(=Nc1ccccc1)SCC(=O)C(C)(C)C. The summed E-state index contributed by atoms with van der Waals surface area (Å²) in [5.74, 6) is 0.653. The van der Waals surface area contributed by atoms with Crippen LogP contribution in [0.1, 0.15) is 26.3 Å². The van der Waals surface area contributed by atoms with E-state index in [1.54, 1.807) is 0 Å². The maximum atomic E-state index is 12.3. The summed E-state index contributed by atoms with van der Waals surface area (Å²) in [5, 5.41) is 0.854. The highest BCUT2D eigenvalue weighted by atomic mass is 32.2. The first kappa shape index (κ1) is 19.3. The molecular formula is C21H26N2OS. The molecule has 0 amide bonds. The Morgan fingerprint density at radius 3 is 2.12 bits per heavy atom. The number of benzene rings is 2. The highest BCUT2D eigenvalue weighted by molar-refractivity contribution is 8.14. The molecule has 2 aromatic rings. The van der Waals surface area contributed by atoms with Crippen LogP contribution in [0.3, 0.4) is 0 Å². The second kappa shape index (κ2) is 8.86. The molecule has 0 spiro atoms. The minimum Gasteiger partial charge on any atom is -0.350 e. The Morgan fingerprint density at radius 2 is 1.56 bits per heavy atom. The zero-order valence-corrected chi connectivity index (χ0v) is 16.2. The molecule has 3 nitrogen and oxygen atoms in total. The van der Waals surface area contributed by atoms with Gasteiger partial charge in [-0.2, -0.15) is 0 Å². The van der Waals surface area contributed by atoms with Crippen LogP contribution in [0.5, 0.6) is 0 Å². The molecule has 2 aromatic carbocycles. The van der Waals surface area contributed by atoms with E-state index in [-0.39, 0.29) is 11.2 Å². The van der Waals surface area contributed by atoms with Gasteiger partial charge in [-0.25, -0.2) is 4.99 Å². The molecule has 0 N–H and O–H groups in total. The number of hydrogen-bond acceptors (Lipinski definition) is 3. The Hall–Kier alpha value is -2.07. The summed E-state index contributed by atoms with van der Waals surface area (Å²) in [4.78, 5) is 19.2. The monoisotopic (exact) mass is 354 g/mol. The molecule has 0 bridgehead atoms. The van der Waals surface area contributed by atoms with Crippen molar-refractivity contribution in [2.45, 2.75) is 27.3 Å². The predicted molar refractivity (Wildman–Crippen MR) is 108 cm³/mol. The van der Waals surface area contributed by atoms with Crippen LogP contribution in [0.2, 0.25) is 0 Å². The first-order chi connectivity index (χ1) is 11.9.